The molecule has 27 heavy (non-hydrogen) atoms. The maximum atomic E-state index is 11.7. The first-order chi connectivity index (χ1) is 13.1. The number of carbonyl (C=O) groups is 1. The average molecular weight is 431 g/mol. The number of fused-ring (bicyclic) bond motifs is 1. The molecule has 1 heterocycles. The lowest BCUT2D eigenvalue weighted by Crippen LogP contribution is -2.01. The Bertz CT molecular complexity index is 957. The number of halogens is 1. The molecule has 0 radical (unpaired) electrons. The van der Waals surface area contributed by atoms with Crippen LogP contribution in [-0.4, -0.2) is 19.7 Å². The van der Waals surface area contributed by atoms with Crippen LogP contribution in [0, 0.1) is 0 Å². The lowest BCUT2D eigenvalue weighted by molar-refractivity contribution is -0.137. The van der Waals surface area contributed by atoms with E-state index < -0.39 is 5.97 Å². The quantitative estimate of drug-likeness (QED) is 0.373. The third kappa shape index (κ3) is 4.52. The van der Waals surface area contributed by atoms with Crippen LogP contribution >= 0.6 is 15.9 Å². The van der Waals surface area contributed by atoms with E-state index >= 15 is 0 Å². The van der Waals surface area contributed by atoms with E-state index in [4.69, 9.17) is 18.6 Å². The second-order valence-corrected chi connectivity index (χ2v) is 6.58. The van der Waals surface area contributed by atoms with Gasteiger partial charge in [-0.25, -0.2) is 4.79 Å². The molecule has 0 spiro atoms. The van der Waals surface area contributed by atoms with Gasteiger partial charge in [-0.05, 0) is 42.8 Å². The first-order valence-corrected chi connectivity index (χ1v) is 9.22. The van der Waals surface area contributed by atoms with Crippen molar-refractivity contribution in [2.75, 3.05) is 13.7 Å². The maximum Gasteiger partial charge on any atom is 0.330 e. The number of hydrogen-bond donors (Lipinski definition) is 0. The average Bonchev–Trinajstić information content (AvgIpc) is 3.13. The second-order valence-electron chi connectivity index (χ2n) is 5.67. The number of methoxy groups -OCH3 is 1. The van der Waals surface area contributed by atoms with Crippen LogP contribution in [0.25, 0.3) is 17.0 Å². The van der Waals surface area contributed by atoms with E-state index in [1.165, 1.54) is 6.08 Å². The van der Waals surface area contributed by atoms with Crippen LogP contribution in [0.2, 0.25) is 0 Å². The van der Waals surface area contributed by atoms with Crippen LogP contribution in [0.1, 0.15) is 18.1 Å². The molecule has 0 aliphatic heterocycles. The fraction of sp³-hybridized carbons (Fsp3) is 0.190. The van der Waals surface area contributed by atoms with Crippen LogP contribution < -0.4 is 9.47 Å². The van der Waals surface area contributed by atoms with Gasteiger partial charge in [-0.2, -0.15) is 0 Å². The van der Waals surface area contributed by atoms with Crippen molar-refractivity contribution in [2.45, 2.75) is 13.5 Å². The monoisotopic (exact) mass is 430 g/mol. The van der Waals surface area contributed by atoms with E-state index in [1.807, 2.05) is 36.4 Å². The summed E-state index contributed by atoms with van der Waals surface area (Å²) in [7, 11) is 1.56. The number of benzene rings is 2. The summed E-state index contributed by atoms with van der Waals surface area (Å²) in [5, 5.41) is 0.853. The Morgan fingerprint density at radius 2 is 1.96 bits per heavy atom. The highest BCUT2D eigenvalue weighted by molar-refractivity contribution is 9.10. The Kier molecular flexibility index (Phi) is 6.19. The van der Waals surface area contributed by atoms with Gasteiger partial charge < -0.3 is 18.6 Å². The van der Waals surface area contributed by atoms with Crippen LogP contribution in [0.15, 0.2) is 57.6 Å². The summed E-state index contributed by atoms with van der Waals surface area (Å²) in [6.07, 6.45) is 4.62. The van der Waals surface area contributed by atoms with Gasteiger partial charge >= 0.3 is 5.97 Å². The SMILES string of the molecule is CCOC(=O)/C=C/c1cc2ccoc2c(OC)c1OCc1ccc(Br)cc1. The third-order valence-corrected chi connectivity index (χ3v) is 4.40. The van der Waals surface area contributed by atoms with Gasteiger partial charge in [0.25, 0.3) is 0 Å². The maximum absolute atomic E-state index is 11.7. The van der Waals surface area contributed by atoms with E-state index in [0.29, 0.717) is 35.9 Å². The van der Waals surface area contributed by atoms with Crippen molar-refractivity contribution in [1.82, 2.24) is 0 Å². The Morgan fingerprint density at radius 1 is 1.19 bits per heavy atom. The molecule has 140 valence electrons. The molecular formula is C21H19BrO5. The zero-order valence-corrected chi connectivity index (χ0v) is 16.6. The van der Waals surface area contributed by atoms with Gasteiger partial charge in [-0.1, -0.05) is 28.1 Å². The number of hydrogen-bond acceptors (Lipinski definition) is 5. The van der Waals surface area contributed by atoms with Gasteiger partial charge in [-0.15, -0.1) is 0 Å². The summed E-state index contributed by atoms with van der Waals surface area (Å²) in [5.74, 6) is 0.573. The Hall–Kier alpha value is -2.73. The molecule has 0 aliphatic carbocycles. The highest BCUT2D eigenvalue weighted by atomic mass is 79.9. The van der Waals surface area contributed by atoms with E-state index in [1.54, 1.807) is 26.4 Å². The minimum absolute atomic E-state index is 0.320. The summed E-state index contributed by atoms with van der Waals surface area (Å²) in [6, 6.07) is 11.6. The molecule has 0 amide bonds. The fourth-order valence-corrected chi connectivity index (χ4v) is 2.89. The first kappa shape index (κ1) is 19.0. The van der Waals surface area contributed by atoms with Gasteiger partial charge in [-0.3, -0.25) is 0 Å². The lowest BCUT2D eigenvalue weighted by atomic mass is 10.1. The zero-order chi connectivity index (χ0) is 19.2. The molecule has 1 aromatic heterocycles. The Balaban J connectivity index is 1.97. The molecule has 0 saturated heterocycles. The minimum Gasteiger partial charge on any atom is -0.490 e. The first-order valence-electron chi connectivity index (χ1n) is 8.42. The van der Waals surface area contributed by atoms with Crippen LogP contribution in [0.4, 0.5) is 0 Å². The molecular weight excluding hydrogens is 412 g/mol. The molecule has 0 fully saturated rings. The summed E-state index contributed by atoms with van der Waals surface area (Å²) in [4.78, 5) is 11.7. The van der Waals surface area contributed by atoms with Crippen LogP contribution in [0.5, 0.6) is 11.5 Å². The molecule has 0 bridgehead atoms. The highest BCUT2D eigenvalue weighted by Gasteiger charge is 2.17. The molecule has 3 aromatic rings. The van der Waals surface area contributed by atoms with Crippen molar-refractivity contribution in [1.29, 1.82) is 0 Å². The van der Waals surface area contributed by atoms with Crippen molar-refractivity contribution in [3.63, 3.8) is 0 Å². The van der Waals surface area contributed by atoms with Crippen LogP contribution in [-0.2, 0) is 16.1 Å². The summed E-state index contributed by atoms with van der Waals surface area (Å²) in [5.41, 5.74) is 2.29. The predicted molar refractivity (Wildman–Crippen MR) is 107 cm³/mol. The van der Waals surface area contributed by atoms with Crippen molar-refractivity contribution in [3.8, 4) is 11.5 Å². The lowest BCUT2D eigenvalue weighted by Gasteiger charge is -2.14. The number of esters is 1. The highest BCUT2D eigenvalue weighted by Crippen LogP contribution is 2.40. The summed E-state index contributed by atoms with van der Waals surface area (Å²) >= 11 is 3.42. The van der Waals surface area contributed by atoms with E-state index in [9.17, 15) is 4.79 Å². The molecule has 0 aliphatic rings. The van der Waals surface area contributed by atoms with Crippen LogP contribution in [0.3, 0.4) is 0 Å². The Labute approximate surface area is 165 Å². The zero-order valence-electron chi connectivity index (χ0n) is 15.0. The number of furan rings is 1. The van der Waals surface area contributed by atoms with Crippen molar-refractivity contribution < 1.29 is 23.4 Å². The molecule has 0 saturated carbocycles. The van der Waals surface area contributed by atoms with Gasteiger partial charge in [0.05, 0.1) is 20.0 Å². The normalized spacial score (nSPS) is 11.1. The minimum atomic E-state index is -0.414. The molecule has 0 N–H and O–H groups in total. The molecule has 0 atom stereocenters. The smallest absolute Gasteiger partial charge is 0.330 e. The number of rotatable bonds is 7. The number of ether oxygens (including phenoxy) is 3. The van der Waals surface area contributed by atoms with Gasteiger partial charge in [0.2, 0.25) is 5.75 Å². The van der Waals surface area contributed by atoms with Gasteiger partial charge in [0, 0.05) is 21.5 Å². The summed E-state index contributed by atoms with van der Waals surface area (Å²) < 4.78 is 23.1. The molecule has 3 rings (SSSR count). The molecule has 2 aromatic carbocycles. The largest absolute Gasteiger partial charge is 0.490 e. The van der Waals surface area contributed by atoms with Crippen molar-refractivity contribution in [2.24, 2.45) is 0 Å². The predicted octanol–water partition coefficient (Wildman–Crippen LogP) is 5.36. The fourth-order valence-electron chi connectivity index (χ4n) is 2.63. The number of carbonyl (C=O) groups excluding carboxylic acids is 1. The van der Waals surface area contributed by atoms with E-state index in [0.717, 1.165) is 15.4 Å². The van der Waals surface area contributed by atoms with Gasteiger partial charge in [0.15, 0.2) is 11.3 Å². The third-order valence-electron chi connectivity index (χ3n) is 3.87. The topological polar surface area (TPSA) is 57.9 Å². The van der Waals surface area contributed by atoms with Crippen molar-refractivity contribution >= 4 is 38.9 Å². The van der Waals surface area contributed by atoms with Crippen molar-refractivity contribution in [3.05, 3.63) is 64.3 Å². The van der Waals surface area contributed by atoms with E-state index in [-0.39, 0.29) is 0 Å². The standard InChI is InChI=1S/C21H19BrO5/c1-3-25-18(23)9-6-15-12-16-10-11-26-19(16)21(24-2)20(15)27-13-14-4-7-17(22)8-5-14/h4-12H,3,13H2,1-2H3/b9-6+. The second kappa shape index (κ2) is 8.77. The van der Waals surface area contributed by atoms with Gasteiger partial charge in [0.1, 0.15) is 6.61 Å². The summed E-state index contributed by atoms with van der Waals surface area (Å²) in [6.45, 7) is 2.43. The molecule has 0 unspecified atom stereocenters. The molecule has 6 heteroatoms. The Morgan fingerprint density at radius 3 is 2.67 bits per heavy atom. The van der Waals surface area contributed by atoms with E-state index in [2.05, 4.69) is 15.9 Å². The molecule has 5 nitrogen and oxygen atoms in total.